The van der Waals surface area contributed by atoms with Gasteiger partial charge in [0.25, 0.3) is 0 Å². The van der Waals surface area contributed by atoms with Gasteiger partial charge >= 0.3 is 21.3 Å². The predicted octanol–water partition coefficient (Wildman–Crippen LogP) is -1.40. The van der Waals surface area contributed by atoms with Crippen LogP contribution in [-0.2, 0) is 13.9 Å². The quantitative estimate of drug-likeness (QED) is 0.369. The van der Waals surface area contributed by atoms with Crippen LogP contribution in [0.25, 0.3) is 0 Å². The van der Waals surface area contributed by atoms with E-state index in [-0.39, 0.29) is 4.67 Å². The minimum absolute atomic E-state index is 0.101. The Morgan fingerprint density at radius 1 is 1.14 bits per heavy atom. The predicted molar refractivity (Wildman–Crippen MR) is 43.3 cm³/mol. The molecule has 0 unspecified atom stereocenters. The van der Waals surface area contributed by atoms with Gasteiger partial charge in [-0.15, -0.1) is 0 Å². The molecule has 0 aliphatic carbocycles. The molecular weight excluding hydrogens is 240 g/mol. The van der Waals surface area contributed by atoms with Crippen molar-refractivity contribution in [2.75, 3.05) is 12.8 Å². The van der Waals surface area contributed by atoms with Crippen molar-refractivity contribution < 1.29 is 38.6 Å². The van der Waals surface area contributed by atoms with Gasteiger partial charge in [-0.05, 0) is 0 Å². The number of hydrogen-bond donors (Lipinski definition) is 5. The van der Waals surface area contributed by atoms with Crippen LogP contribution < -0.4 is 0 Å². The highest BCUT2D eigenvalue weighted by atomic mass is 31.2. The normalized spacial score (nSPS) is 13.2. The minimum Gasteiger partial charge on any atom is -0.480 e. The van der Waals surface area contributed by atoms with Gasteiger partial charge in [0.05, 0.1) is 0 Å². The monoisotopic (exact) mass is 249 g/mol. The van der Waals surface area contributed by atoms with Gasteiger partial charge in [-0.1, -0.05) is 0 Å². The summed E-state index contributed by atoms with van der Waals surface area (Å²) in [5.74, 6) is -1.60. The number of rotatable bonds is 5. The van der Waals surface area contributed by atoms with E-state index >= 15 is 0 Å². The van der Waals surface area contributed by atoms with E-state index in [1.807, 2.05) is 0 Å². The maximum atomic E-state index is 10.6. The molecule has 0 atom stereocenters. The van der Waals surface area contributed by atoms with Gasteiger partial charge in [0.2, 0.25) is 0 Å². The summed E-state index contributed by atoms with van der Waals surface area (Å²) >= 11 is 0. The van der Waals surface area contributed by atoms with Crippen molar-refractivity contribution in [1.29, 1.82) is 0 Å². The molecule has 0 saturated heterocycles. The summed E-state index contributed by atoms with van der Waals surface area (Å²) in [6.07, 6.45) is -1.30. The van der Waals surface area contributed by atoms with E-state index in [0.717, 1.165) is 0 Å². The number of hydrogen-bond acceptors (Lipinski definition) is 3. The van der Waals surface area contributed by atoms with Crippen LogP contribution in [0.1, 0.15) is 0 Å². The lowest BCUT2D eigenvalue weighted by molar-refractivity contribution is -0.137. The Morgan fingerprint density at radius 2 is 1.57 bits per heavy atom. The lowest BCUT2D eigenvalue weighted by Gasteiger charge is -2.20. The van der Waals surface area contributed by atoms with E-state index in [2.05, 4.69) is 0 Å². The van der Waals surface area contributed by atoms with Crippen LogP contribution in [0.2, 0.25) is 0 Å². The summed E-state index contributed by atoms with van der Waals surface area (Å²) in [6, 6.07) is 0. The fraction of sp³-hybridized carbons (Fsp3) is 0.667. The van der Waals surface area contributed by atoms with Crippen molar-refractivity contribution in [1.82, 2.24) is 4.67 Å². The Balaban J connectivity index is 4.67. The van der Waals surface area contributed by atoms with Crippen LogP contribution in [0.5, 0.6) is 0 Å². The third kappa shape index (κ3) is 6.22. The molecule has 0 bridgehead atoms. The summed E-state index contributed by atoms with van der Waals surface area (Å²) in [6.45, 7) is -1.14. The van der Waals surface area contributed by atoms with Crippen molar-refractivity contribution in [2.24, 2.45) is 0 Å². The highest BCUT2D eigenvalue weighted by Gasteiger charge is 2.33. The van der Waals surface area contributed by atoms with Gasteiger partial charge in [-0.2, -0.15) is 4.67 Å². The summed E-state index contributed by atoms with van der Waals surface area (Å²) in [5, 5.41) is 8.21. The topological polar surface area (TPSA) is 156 Å². The Hall–Kier alpha value is -0.270. The molecule has 0 aliphatic heterocycles. The largest absolute Gasteiger partial charge is 0.480 e. The maximum Gasteiger partial charge on any atom is 0.404 e. The number of nitrogens with zero attached hydrogens (tertiary/aromatic N) is 1. The molecule has 84 valence electrons. The smallest absolute Gasteiger partial charge is 0.404 e. The summed E-state index contributed by atoms with van der Waals surface area (Å²) in [7, 11) is -9.67. The highest BCUT2D eigenvalue weighted by molar-refractivity contribution is 7.54. The molecule has 5 N–H and O–H groups in total. The second-order valence-electron chi connectivity index (χ2n) is 2.38. The van der Waals surface area contributed by atoms with E-state index in [9.17, 15) is 13.9 Å². The highest BCUT2D eigenvalue weighted by Crippen LogP contribution is 2.47. The zero-order valence-electron chi connectivity index (χ0n) is 6.72. The lowest BCUT2D eigenvalue weighted by Crippen LogP contribution is -2.27. The zero-order valence-corrected chi connectivity index (χ0v) is 8.51. The lowest BCUT2D eigenvalue weighted by atomic mass is 10.7. The van der Waals surface area contributed by atoms with Gasteiger partial charge in [-0.25, -0.2) is 4.57 Å². The van der Waals surface area contributed by atoms with Crippen molar-refractivity contribution in [3.05, 3.63) is 0 Å². The maximum absolute atomic E-state index is 10.6. The second kappa shape index (κ2) is 4.50. The number of carboxylic acids is 1. The molecule has 0 heterocycles. The number of aliphatic carboxylic acids is 1. The average molecular weight is 249 g/mol. The molecule has 0 aromatic carbocycles. The summed E-state index contributed by atoms with van der Waals surface area (Å²) in [5.41, 5.74) is 0. The van der Waals surface area contributed by atoms with Crippen LogP contribution >= 0.6 is 15.3 Å². The molecule has 0 fully saturated rings. The van der Waals surface area contributed by atoms with Crippen LogP contribution in [0.15, 0.2) is 0 Å². The van der Waals surface area contributed by atoms with Gasteiger partial charge < -0.3 is 24.7 Å². The van der Waals surface area contributed by atoms with Crippen molar-refractivity contribution >= 4 is 21.3 Å². The van der Waals surface area contributed by atoms with Crippen LogP contribution in [0, 0.1) is 0 Å². The second-order valence-corrected chi connectivity index (χ2v) is 5.58. The molecule has 0 saturated carbocycles. The molecule has 0 rings (SSSR count). The molecule has 11 heteroatoms. The van der Waals surface area contributed by atoms with Crippen LogP contribution in [0.3, 0.4) is 0 Å². The van der Waals surface area contributed by atoms with Crippen molar-refractivity contribution in [3.63, 3.8) is 0 Å². The Morgan fingerprint density at radius 3 is 1.79 bits per heavy atom. The van der Waals surface area contributed by atoms with Crippen molar-refractivity contribution in [3.8, 4) is 0 Å². The Labute approximate surface area is 78.3 Å². The standard InChI is InChI=1S/C3H9NO8P2/c5-3(6)1-4(14(10,11)12)2-13(7,8)9/h1-2H2,(H,5,6)(H2,7,8,9)(H2,10,11,12). The first-order chi connectivity index (χ1) is 6.02. The first-order valence-electron chi connectivity index (χ1n) is 3.10. The van der Waals surface area contributed by atoms with E-state index in [4.69, 9.17) is 24.7 Å². The fourth-order valence-corrected chi connectivity index (χ4v) is 2.58. The Bertz CT molecular complexity index is 302. The number of carbonyl (C=O) groups is 1. The minimum atomic E-state index is -4.97. The molecular formula is C3H9NO8P2. The van der Waals surface area contributed by atoms with E-state index in [0.29, 0.717) is 0 Å². The molecule has 0 aliphatic rings. The van der Waals surface area contributed by atoms with Gasteiger partial charge in [0.1, 0.15) is 12.8 Å². The molecule has 14 heavy (non-hydrogen) atoms. The zero-order chi connectivity index (χ0) is 11.6. The molecule has 0 aromatic heterocycles. The molecule has 0 radical (unpaired) electrons. The summed E-state index contributed by atoms with van der Waals surface area (Å²) < 4.78 is 20.8. The van der Waals surface area contributed by atoms with E-state index < -0.39 is 34.1 Å². The first-order valence-corrected chi connectivity index (χ1v) is 6.46. The molecule has 0 amide bonds. The first kappa shape index (κ1) is 13.7. The SMILES string of the molecule is O=C(O)CN(CP(=O)(O)O)P(=O)(O)O. The van der Waals surface area contributed by atoms with E-state index in [1.165, 1.54) is 0 Å². The number of carboxylic acid groups (broad SMARTS) is 1. The average Bonchev–Trinajstić information content (AvgIpc) is 1.78. The van der Waals surface area contributed by atoms with E-state index in [1.54, 1.807) is 0 Å². The van der Waals surface area contributed by atoms with Gasteiger partial charge in [0, 0.05) is 0 Å². The third-order valence-corrected chi connectivity index (χ3v) is 2.99. The molecule has 0 spiro atoms. The molecule has 9 nitrogen and oxygen atoms in total. The summed E-state index contributed by atoms with van der Waals surface area (Å²) in [4.78, 5) is 43.9. The van der Waals surface area contributed by atoms with Crippen LogP contribution in [-0.4, -0.2) is 48.2 Å². The van der Waals surface area contributed by atoms with Gasteiger partial charge in [-0.3, -0.25) is 9.36 Å². The van der Waals surface area contributed by atoms with Crippen molar-refractivity contribution in [2.45, 2.75) is 0 Å². The fourth-order valence-electron chi connectivity index (χ4n) is 0.593. The third-order valence-electron chi connectivity index (χ3n) is 1.03. The Kier molecular flexibility index (Phi) is 4.41. The molecule has 0 aromatic rings. The van der Waals surface area contributed by atoms with Gasteiger partial charge in [0.15, 0.2) is 0 Å². The van der Waals surface area contributed by atoms with Crippen LogP contribution in [0.4, 0.5) is 0 Å².